The highest BCUT2D eigenvalue weighted by Crippen LogP contribution is 2.20. The fraction of sp³-hybridized carbons (Fsp3) is 0.889. The van der Waals surface area contributed by atoms with Crippen LogP contribution in [0.1, 0.15) is 33.6 Å². The number of nitrogens with one attached hydrogen (secondary N) is 1. The second kappa shape index (κ2) is 3.21. The van der Waals surface area contributed by atoms with Gasteiger partial charge in [-0.2, -0.15) is 0 Å². The average molecular weight is 186 g/mol. The lowest BCUT2D eigenvalue weighted by Crippen LogP contribution is -2.48. The molecule has 0 amide bonds. The molecule has 0 aromatic rings. The van der Waals surface area contributed by atoms with Crippen molar-refractivity contribution in [3.05, 3.63) is 0 Å². The summed E-state index contributed by atoms with van der Waals surface area (Å²) in [6.07, 6.45) is 2.55. The Morgan fingerprint density at radius 1 is 1.42 bits per heavy atom. The van der Waals surface area contributed by atoms with Crippen LogP contribution < -0.4 is 5.32 Å². The molecule has 1 aliphatic rings. The van der Waals surface area contributed by atoms with E-state index in [9.17, 15) is 0 Å². The van der Waals surface area contributed by atoms with Crippen molar-refractivity contribution < 1.29 is 0 Å². The average Bonchev–Trinajstić information content (AvgIpc) is 2.68. The van der Waals surface area contributed by atoms with E-state index in [1.165, 1.54) is 12.8 Å². The summed E-state index contributed by atoms with van der Waals surface area (Å²) in [4.78, 5) is 2.11. The van der Waals surface area contributed by atoms with E-state index >= 15 is 0 Å². The van der Waals surface area contributed by atoms with E-state index in [1.807, 2.05) is 7.05 Å². The van der Waals surface area contributed by atoms with Crippen molar-refractivity contribution in [3.8, 4) is 0 Å². The van der Waals surface area contributed by atoms with Crippen LogP contribution >= 0.6 is 12.2 Å². The zero-order valence-electron chi connectivity index (χ0n) is 8.35. The minimum absolute atomic E-state index is 0.124. The fourth-order valence-corrected chi connectivity index (χ4v) is 1.24. The number of hydrogen-bond acceptors (Lipinski definition) is 1. The van der Waals surface area contributed by atoms with Gasteiger partial charge in [0.15, 0.2) is 5.11 Å². The van der Waals surface area contributed by atoms with Crippen LogP contribution in [0.5, 0.6) is 0 Å². The van der Waals surface area contributed by atoms with Crippen LogP contribution in [0.25, 0.3) is 0 Å². The van der Waals surface area contributed by atoms with Gasteiger partial charge in [-0.05, 0) is 45.8 Å². The third kappa shape index (κ3) is 2.63. The molecule has 0 spiro atoms. The third-order valence-corrected chi connectivity index (χ3v) is 2.61. The van der Waals surface area contributed by atoms with Gasteiger partial charge in [0.25, 0.3) is 0 Å². The number of hydrogen-bond donors (Lipinski definition) is 1. The molecule has 1 aliphatic carbocycles. The Morgan fingerprint density at radius 2 is 1.92 bits per heavy atom. The van der Waals surface area contributed by atoms with E-state index in [0.29, 0.717) is 6.04 Å². The molecule has 3 heteroatoms. The second-order valence-electron chi connectivity index (χ2n) is 4.45. The third-order valence-electron chi connectivity index (χ3n) is 2.22. The summed E-state index contributed by atoms with van der Waals surface area (Å²) < 4.78 is 0. The molecule has 2 nitrogen and oxygen atoms in total. The normalized spacial score (nSPS) is 17.3. The summed E-state index contributed by atoms with van der Waals surface area (Å²) in [6, 6.07) is 0.655. The molecule has 0 atom stereocenters. The van der Waals surface area contributed by atoms with E-state index in [4.69, 9.17) is 12.2 Å². The smallest absolute Gasteiger partial charge is 0.169 e. The summed E-state index contributed by atoms with van der Waals surface area (Å²) in [6.45, 7) is 6.48. The molecule has 0 radical (unpaired) electrons. The largest absolute Gasteiger partial charge is 0.360 e. The molecule has 1 saturated carbocycles. The summed E-state index contributed by atoms with van der Waals surface area (Å²) in [5, 5.41) is 4.20. The van der Waals surface area contributed by atoms with Crippen LogP contribution in [0.15, 0.2) is 0 Å². The highest BCUT2D eigenvalue weighted by molar-refractivity contribution is 7.80. The maximum absolute atomic E-state index is 5.26. The number of thiocarbonyl (C=S) groups is 1. The fourth-order valence-electron chi connectivity index (χ4n) is 0.804. The van der Waals surface area contributed by atoms with Gasteiger partial charge in [-0.15, -0.1) is 0 Å². The molecule has 1 N–H and O–H groups in total. The quantitative estimate of drug-likeness (QED) is 0.628. The van der Waals surface area contributed by atoms with Crippen molar-refractivity contribution in [1.29, 1.82) is 0 Å². The molecule has 12 heavy (non-hydrogen) atoms. The van der Waals surface area contributed by atoms with Gasteiger partial charge in [0.2, 0.25) is 0 Å². The molecule has 0 unspecified atom stereocenters. The molecular weight excluding hydrogens is 168 g/mol. The van der Waals surface area contributed by atoms with E-state index < -0.39 is 0 Å². The van der Waals surface area contributed by atoms with Gasteiger partial charge in [0.05, 0.1) is 0 Å². The van der Waals surface area contributed by atoms with Crippen LogP contribution in [-0.4, -0.2) is 28.6 Å². The predicted octanol–water partition coefficient (Wildman–Crippen LogP) is 1.75. The predicted molar refractivity (Wildman–Crippen MR) is 56.3 cm³/mol. The molecule has 0 saturated heterocycles. The van der Waals surface area contributed by atoms with Gasteiger partial charge in [-0.1, -0.05) is 0 Å². The molecule has 0 aromatic heterocycles. The van der Waals surface area contributed by atoms with Gasteiger partial charge in [-0.25, -0.2) is 0 Å². The first-order chi connectivity index (χ1) is 5.41. The molecule has 0 aliphatic heterocycles. The summed E-state index contributed by atoms with van der Waals surface area (Å²) >= 11 is 5.26. The second-order valence-corrected chi connectivity index (χ2v) is 4.84. The van der Waals surface area contributed by atoms with E-state index in [2.05, 4.69) is 31.0 Å². The Bertz CT molecular complexity index is 179. The topological polar surface area (TPSA) is 15.3 Å². The lowest BCUT2D eigenvalue weighted by atomic mass is 10.1. The van der Waals surface area contributed by atoms with Crippen molar-refractivity contribution in [2.45, 2.75) is 45.2 Å². The van der Waals surface area contributed by atoms with E-state index in [1.54, 1.807) is 0 Å². The van der Waals surface area contributed by atoms with Crippen molar-refractivity contribution in [2.75, 3.05) is 7.05 Å². The number of rotatable bonds is 1. The monoisotopic (exact) mass is 186 g/mol. The van der Waals surface area contributed by atoms with E-state index in [-0.39, 0.29) is 5.54 Å². The van der Waals surface area contributed by atoms with Crippen LogP contribution in [-0.2, 0) is 0 Å². The van der Waals surface area contributed by atoms with Gasteiger partial charge < -0.3 is 10.2 Å². The van der Waals surface area contributed by atoms with Crippen LogP contribution in [0.3, 0.4) is 0 Å². The first kappa shape index (κ1) is 9.78. The van der Waals surface area contributed by atoms with Crippen LogP contribution in [0.4, 0.5) is 0 Å². The first-order valence-electron chi connectivity index (χ1n) is 4.45. The van der Waals surface area contributed by atoms with E-state index in [0.717, 1.165) is 5.11 Å². The van der Waals surface area contributed by atoms with Crippen molar-refractivity contribution >= 4 is 17.3 Å². The molecule has 0 heterocycles. The Labute approximate surface area is 80.3 Å². The Balaban J connectivity index is 2.39. The van der Waals surface area contributed by atoms with Gasteiger partial charge >= 0.3 is 0 Å². The Morgan fingerprint density at radius 3 is 2.25 bits per heavy atom. The molecule has 0 aromatic carbocycles. The highest BCUT2D eigenvalue weighted by Gasteiger charge is 2.26. The maximum atomic E-state index is 5.26. The SMILES string of the molecule is CN(C(=S)NC1CC1)C(C)(C)C. The lowest BCUT2D eigenvalue weighted by Gasteiger charge is -2.34. The Kier molecular flexibility index (Phi) is 2.61. The first-order valence-corrected chi connectivity index (χ1v) is 4.86. The molecule has 70 valence electrons. The van der Waals surface area contributed by atoms with Crippen molar-refractivity contribution in [1.82, 2.24) is 10.2 Å². The van der Waals surface area contributed by atoms with Crippen molar-refractivity contribution in [2.24, 2.45) is 0 Å². The lowest BCUT2D eigenvalue weighted by molar-refractivity contribution is 0.278. The summed E-state index contributed by atoms with van der Waals surface area (Å²) in [7, 11) is 2.04. The zero-order valence-corrected chi connectivity index (χ0v) is 9.16. The Hall–Kier alpha value is -0.310. The summed E-state index contributed by atoms with van der Waals surface area (Å²) in [5.41, 5.74) is 0.124. The summed E-state index contributed by atoms with van der Waals surface area (Å²) in [5.74, 6) is 0. The molecular formula is C9H18N2S. The zero-order chi connectivity index (χ0) is 9.35. The van der Waals surface area contributed by atoms with Crippen LogP contribution in [0.2, 0.25) is 0 Å². The highest BCUT2D eigenvalue weighted by atomic mass is 32.1. The minimum atomic E-state index is 0.124. The molecule has 1 rings (SSSR count). The van der Waals surface area contributed by atoms with Gasteiger partial charge in [0.1, 0.15) is 0 Å². The molecule has 0 bridgehead atoms. The van der Waals surface area contributed by atoms with Gasteiger partial charge in [0, 0.05) is 18.6 Å². The van der Waals surface area contributed by atoms with Crippen LogP contribution in [0, 0.1) is 0 Å². The molecule has 1 fully saturated rings. The maximum Gasteiger partial charge on any atom is 0.169 e. The standard InChI is InChI=1S/C9H18N2S/c1-9(2,3)11(4)8(12)10-7-5-6-7/h7H,5-6H2,1-4H3,(H,10,12). The van der Waals surface area contributed by atoms with Crippen molar-refractivity contribution in [3.63, 3.8) is 0 Å². The minimum Gasteiger partial charge on any atom is -0.360 e. The van der Waals surface area contributed by atoms with Gasteiger partial charge in [-0.3, -0.25) is 0 Å². The number of nitrogens with zero attached hydrogens (tertiary/aromatic N) is 1.